The lowest BCUT2D eigenvalue weighted by atomic mass is 9.98. The van der Waals surface area contributed by atoms with Crippen molar-refractivity contribution in [3.8, 4) is 0 Å². The molecule has 0 aromatic heterocycles. The minimum atomic E-state index is -0.585. The third-order valence-corrected chi connectivity index (χ3v) is 6.71. The SMILES string of the molecule is Cc1cc(C)c(C(=O)COC(=O)[C@@H]2CS[C@@]3(C)CCC(=O)N23)cc1C. The van der Waals surface area contributed by atoms with Crippen molar-refractivity contribution in [2.24, 2.45) is 0 Å². The van der Waals surface area contributed by atoms with Gasteiger partial charge in [0.25, 0.3) is 0 Å². The predicted octanol–water partition coefficient (Wildman–Crippen LogP) is 2.79. The van der Waals surface area contributed by atoms with Gasteiger partial charge in [-0.25, -0.2) is 4.79 Å². The van der Waals surface area contributed by atoms with E-state index in [4.69, 9.17) is 4.74 Å². The van der Waals surface area contributed by atoms with Gasteiger partial charge in [0, 0.05) is 17.7 Å². The summed E-state index contributed by atoms with van der Waals surface area (Å²) in [5.41, 5.74) is 3.62. The van der Waals surface area contributed by atoms with E-state index in [1.54, 1.807) is 16.7 Å². The van der Waals surface area contributed by atoms with Crippen LogP contribution in [0.4, 0.5) is 0 Å². The monoisotopic (exact) mass is 361 g/mol. The number of ether oxygens (including phenoxy) is 1. The summed E-state index contributed by atoms with van der Waals surface area (Å²) in [6.45, 7) is 7.52. The zero-order chi connectivity index (χ0) is 18.4. The summed E-state index contributed by atoms with van der Waals surface area (Å²) in [5.74, 6) is -0.181. The first-order valence-corrected chi connectivity index (χ1v) is 9.45. The molecule has 1 aromatic rings. The van der Waals surface area contributed by atoms with Crippen molar-refractivity contribution in [1.82, 2.24) is 4.90 Å². The summed E-state index contributed by atoms with van der Waals surface area (Å²) in [5, 5.41) is 0. The van der Waals surface area contributed by atoms with Gasteiger partial charge in [-0.2, -0.15) is 0 Å². The van der Waals surface area contributed by atoms with E-state index in [0.717, 1.165) is 23.1 Å². The Morgan fingerprint density at radius 3 is 2.64 bits per heavy atom. The summed E-state index contributed by atoms with van der Waals surface area (Å²) >= 11 is 1.61. The van der Waals surface area contributed by atoms with E-state index in [9.17, 15) is 14.4 Å². The van der Waals surface area contributed by atoms with Gasteiger partial charge in [0.15, 0.2) is 6.61 Å². The van der Waals surface area contributed by atoms with Crippen LogP contribution in [0.1, 0.15) is 46.8 Å². The molecule has 0 unspecified atom stereocenters. The first-order valence-electron chi connectivity index (χ1n) is 8.47. The molecule has 0 N–H and O–H groups in total. The molecule has 0 aliphatic carbocycles. The van der Waals surface area contributed by atoms with E-state index in [2.05, 4.69) is 0 Å². The number of rotatable bonds is 4. The second-order valence-electron chi connectivity index (χ2n) is 7.05. The molecule has 1 amide bonds. The molecule has 2 heterocycles. The minimum absolute atomic E-state index is 0.00854. The van der Waals surface area contributed by atoms with Gasteiger partial charge < -0.3 is 9.64 Å². The van der Waals surface area contributed by atoms with E-state index in [-0.39, 0.29) is 23.2 Å². The Labute approximate surface area is 152 Å². The Morgan fingerprint density at radius 1 is 1.24 bits per heavy atom. The zero-order valence-electron chi connectivity index (χ0n) is 15.0. The van der Waals surface area contributed by atoms with Crippen LogP contribution in [0.25, 0.3) is 0 Å². The fourth-order valence-corrected chi connectivity index (χ4v) is 4.98. The molecule has 0 spiro atoms. The fourth-order valence-electron chi connectivity index (χ4n) is 3.57. The van der Waals surface area contributed by atoms with Crippen molar-refractivity contribution < 1.29 is 19.1 Å². The van der Waals surface area contributed by atoms with Crippen molar-refractivity contribution in [3.63, 3.8) is 0 Å². The van der Waals surface area contributed by atoms with Crippen LogP contribution in [0.3, 0.4) is 0 Å². The van der Waals surface area contributed by atoms with E-state index in [0.29, 0.717) is 17.7 Å². The molecule has 25 heavy (non-hydrogen) atoms. The number of Topliss-reactive ketones (excluding diaryl/α,β-unsaturated/α-hetero) is 1. The van der Waals surface area contributed by atoms with Gasteiger partial charge in [0.2, 0.25) is 11.7 Å². The van der Waals surface area contributed by atoms with Crippen LogP contribution >= 0.6 is 11.8 Å². The number of benzene rings is 1. The molecule has 134 valence electrons. The average Bonchev–Trinajstić information content (AvgIpc) is 3.05. The second kappa shape index (κ2) is 6.48. The van der Waals surface area contributed by atoms with Gasteiger partial charge in [-0.05, 0) is 56.9 Å². The molecule has 2 aliphatic rings. The van der Waals surface area contributed by atoms with Crippen molar-refractivity contribution in [3.05, 3.63) is 34.4 Å². The molecule has 5 nitrogen and oxygen atoms in total. The number of carbonyl (C=O) groups excluding carboxylic acids is 3. The minimum Gasteiger partial charge on any atom is -0.456 e. The number of thioether (sulfide) groups is 1. The molecule has 0 saturated carbocycles. The topological polar surface area (TPSA) is 63.7 Å². The molecule has 0 radical (unpaired) electrons. The van der Waals surface area contributed by atoms with Crippen molar-refractivity contribution in [2.75, 3.05) is 12.4 Å². The Bertz CT molecular complexity index is 760. The Kier molecular flexibility index (Phi) is 4.66. The molecule has 2 saturated heterocycles. The molecular formula is C19H23NO4S. The number of nitrogens with zero attached hydrogens (tertiary/aromatic N) is 1. The number of esters is 1. The highest BCUT2D eigenvalue weighted by Gasteiger charge is 2.53. The highest BCUT2D eigenvalue weighted by atomic mass is 32.2. The number of hydrogen-bond acceptors (Lipinski definition) is 5. The van der Waals surface area contributed by atoms with Crippen LogP contribution < -0.4 is 0 Å². The molecule has 2 fully saturated rings. The summed E-state index contributed by atoms with van der Waals surface area (Å²) in [6.07, 6.45) is 1.22. The Hall–Kier alpha value is -1.82. The standard InChI is InChI=1S/C19H23NO4S/c1-11-7-13(3)14(8-12(11)2)16(21)9-24-18(23)15-10-25-19(4)6-5-17(22)20(15)19/h7-8,15H,5-6,9-10H2,1-4H3/t15-,19-/m0/s1. The molecule has 1 aromatic carbocycles. The second-order valence-corrected chi connectivity index (χ2v) is 8.55. The number of fused-ring (bicyclic) bond motifs is 1. The van der Waals surface area contributed by atoms with E-state index in [1.807, 2.05) is 39.8 Å². The molecule has 6 heteroatoms. The molecule has 2 aliphatic heterocycles. The van der Waals surface area contributed by atoms with Crippen LogP contribution in [0.5, 0.6) is 0 Å². The summed E-state index contributed by atoms with van der Waals surface area (Å²) in [4.78, 5) is 38.3. The number of ketones is 1. The van der Waals surface area contributed by atoms with Gasteiger partial charge in [-0.3, -0.25) is 9.59 Å². The smallest absolute Gasteiger partial charge is 0.330 e. The lowest BCUT2D eigenvalue weighted by molar-refractivity contribution is -0.152. The maximum atomic E-state index is 12.4. The Morgan fingerprint density at radius 2 is 1.92 bits per heavy atom. The van der Waals surface area contributed by atoms with Gasteiger partial charge in [-0.1, -0.05) is 6.07 Å². The maximum Gasteiger partial charge on any atom is 0.330 e. The fraction of sp³-hybridized carbons (Fsp3) is 0.526. The van der Waals surface area contributed by atoms with Crippen LogP contribution in [-0.4, -0.2) is 45.8 Å². The first-order chi connectivity index (χ1) is 11.7. The van der Waals surface area contributed by atoms with E-state index >= 15 is 0 Å². The summed E-state index contributed by atoms with van der Waals surface area (Å²) in [6, 6.07) is 3.22. The highest BCUT2D eigenvalue weighted by Crippen LogP contribution is 2.47. The molecule has 2 atom stereocenters. The maximum absolute atomic E-state index is 12.4. The third-order valence-electron chi connectivity index (χ3n) is 5.20. The largest absolute Gasteiger partial charge is 0.456 e. The van der Waals surface area contributed by atoms with Crippen molar-refractivity contribution in [2.45, 2.75) is 51.4 Å². The lowest BCUT2D eigenvalue weighted by Crippen LogP contribution is -2.46. The molecule has 3 rings (SSSR count). The average molecular weight is 361 g/mol. The number of carbonyl (C=O) groups is 3. The Balaban J connectivity index is 1.66. The molecular weight excluding hydrogens is 338 g/mol. The first kappa shape index (κ1) is 18.0. The summed E-state index contributed by atoms with van der Waals surface area (Å²) in [7, 11) is 0. The van der Waals surface area contributed by atoms with Crippen LogP contribution in [-0.2, 0) is 14.3 Å². The van der Waals surface area contributed by atoms with Gasteiger partial charge >= 0.3 is 5.97 Å². The van der Waals surface area contributed by atoms with Gasteiger partial charge in [0.1, 0.15) is 6.04 Å². The van der Waals surface area contributed by atoms with Crippen LogP contribution in [0.2, 0.25) is 0 Å². The van der Waals surface area contributed by atoms with E-state index < -0.39 is 12.0 Å². The zero-order valence-corrected chi connectivity index (χ0v) is 15.9. The van der Waals surface area contributed by atoms with Crippen LogP contribution in [0, 0.1) is 20.8 Å². The number of aryl methyl sites for hydroxylation is 3. The molecule has 0 bridgehead atoms. The highest BCUT2D eigenvalue weighted by molar-refractivity contribution is 8.01. The van der Waals surface area contributed by atoms with Crippen molar-refractivity contribution in [1.29, 1.82) is 0 Å². The normalized spacial score (nSPS) is 25.2. The van der Waals surface area contributed by atoms with Gasteiger partial charge in [0.05, 0.1) is 4.87 Å². The van der Waals surface area contributed by atoms with Crippen LogP contribution in [0.15, 0.2) is 12.1 Å². The van der Waals surface area contributed by atoms with E-state index in [1.165, 1.54) is 0 Å². The van der Waals surface area contributed by atoms with Crippen molar-refractivity contribution >= 4 is 29.4 Å². The number of amides is 1. The lowest BCUT2D eigenvalue weighted by Gasteiger charge is -2.29. The predicted molar refractivity (Wildman–Crippen MR) is 96.7 cm³/mol. The summed E-state index contributed by atoms with van der Waals surface area (Å²) < 4.78 is 5.27. The number of hydrogen-bond donors (Lipinski definition) is 0. The quantitative estimate of drug-likeness (QED) is 0.609. The third kappa shape index (κ3) is 3.19. The van der Waals surface area contributed by atoms with Gasteiger partial charge in [-0.15, -0.1) is 11.8 Å².